The van der Waals surface area contributed by atoms with Crippen molar-refractivity contribution in [2.75, 3.05) is 5.32 Å². The summed E-state index contributed by atoms with van der Waals surface area (Å²) in [5.41, 5.74) is 1.30. The molecule has 1 amide bonds. The molecule has 0 unspecified atom stereocenters. The molecule has 1 aromatic heterocycles. The van der Waals surface area contributed by atoms with Crippen LogP contribution in [0.1, 0.15) is 10.4 Å². The van der Waals surface area contributed by atoms with E-state index < -0.39 is 0 Å². The third-order valence-corrected chi connectivity index (χ3v) is 3.47. The zero-order valence-electron chi connectivity index (χ0n) is 10.5. The van der Waals surface area contributed by atoms with Crippen LogP contribution >= 0.6 is 15.9 Å². The lowest BCUT2D eigenvalue weighted by atomic mass is 10.1. The van der Waals surface area contributed by atoms with Crippen molar-refractivity contribution in [3.63, 3.8) is 0 Å². The predicted octanol–water partition coefficient (Wildman–Crippen LogP) is 4.25. The molecule has 0 aliphatic heterocycles. The Bertz CT molecular complexity index is 769. The number of aromatic nitrogens is 1. The van der Waals surface area contributed by atoms with E-state index >= 15 is 0 Å². The van der Waals surface area contributed by atoms with Crippen molar-refractivity contribution in [2.24, 2.45) is 0 Å². The van der Waals surface area contributed by atoms with E-state index in [9.17, 15) is 4.79 Å². The van der Waals surface area contributed by atoms with Gasteiger partial charge in [-0.1, -0.05) is 30.3 Å². The molecule has 98 valence electrons. The summed E-state index contributed by atoms with van der Waals surface area (Å²) in [6.07, 6.45) is 1.61. The smallest absolute Gasteiger partial charge is 0.255 e. The Morgan fingerprint density at radius 1 is 1.00 bits per heavy atom. The molecule has 1 heterocycles. The summed E-state index contributed by atoms with van der Waals surface area (Å²) in [5, 5.41) is 5.00. The highest BCUT2D eigenvalue weighted by Gasteiger charge is 2.07. The summed E-state index contributed by atoms with van der Waals surface area (Å²) in [6, 6.07) is 17.2. The Labute approximate surface area is 124 Å². The van der Waals surface area contributed by atoms with Crippen LogP contribution in [0.15, 0.2) is 65.4 Å². The first-order valence-electron chi connectivity index (χ1n) is 6.14. The van der Waals surface area contributed by atoms with Gasteiger partial charge in [0, 0.05) is 5.56 Å². The minimum absolute atomic E-state index is 0.139. The van der Waals surface area contributed by atoms with Crippen LogP contribution < -0.4 is 5.32 Å². The number of hydrogen-bond donors (Lipinski definition) is 1. The van der Waals surface area contributed by atoms with E-state index in [1.165, 1.54) is 0 Å². The Balaban J connectivity index is 1.86. The molecule has 0 saturated heterocycles. The molecule has 3 aromatic rings. The lowest BCUT2D eigenvalue weighted by molar-refractivity contribution is 0.102. The zero-order valence-corrected chi connectivity index (χ0v) is 12.1. The van der Waals surface area contributed by atoms with E-state index in [1.807, 2.05) is 42.5 Å². The van der Waals surface area contributed by atoms with Crippen molar-refractivity contribution >= 4 is 38.3 Å². The fourth-order valence-electron chi connectivity index (χ4n) is 1.98. The Morgan fingerprint density at radius 3 is 2.55 bits per heavy atom. The maximum atomic E-state index is 12.2. The summed E-state index contributed by atoms with van der Waals surface area (Å²) in [4.78, 5) is 16.3. The van der Waals surface area contributed by atoms with Gasteiger partial charge in [-0.25, -0.2) is 4.98 Å². The van der Waals surface area contributed by atoms with Gasteiger partial charge in [-0.05, 0) is 51.0 Å². The molecule has 0 spiro atoms. The van der Waals surface area contributed by atoms with Gasteiger partial charge in [0.25, 0.3) is 5.91 Å². The van der Waals surface area contributed by atoms with E-state index in [-0.39, 0.29) is 5.91 Å². The number of halogens is 1. The molecule has 0 radical (unpaired) electrons. The minimum atomic E-state index is -0.139. The minimum Gasteiger partial charge on any atom is -0.321 e. The quantitative estimate of drug-likeness (QED) is 0.715. The summed E-state index contributed by atoms with van der Waals surface area (Å²) < 4.78 is 0.737. The zero-order chi connectivity index (χ0) is 13.9. The average Bonchev–Trinajstić information content (AvgIpc) is 2.49. The number of nitrogens with zero attached hydrogens (tertiary/aromatic N) is 1. The molecule has 0 aliphatic carbocycles. The molecule has 3 rings (SSSR count). The van der Waals surface area contributed by atoms with Gasteiger partial charge in [0.05, 0.1) is 11.9 Å². The second-order valence-corrected chi connectivity index (χ2v) is 5.20. The number of anilines is 1. The molecular formula is C16H11BrN2O. The number of carbonyl (C=O) groups excluding carboxylic acids is 1. The standard InChI is InChI=1S/C16H11BrN2O/c17-15-8-7-14(10-18-15)19-16(20)13-6-5-11-3-1-2-4-12(11)9-13/h1-10H,(H,19,20). The van der Waals surface area contributed by atoms with Gasteiger partial charge in [-0.15, -0.1) is 0 Å². The van der Waals surface area contributed by atoms with E-state index in [4.69, 9.17) is 0 Å². The van der Waals surface area contributed by atoms with Gasteiger partial charge in [-0.3, -0.25) is 4.79 Å². The van der Waals surface area contributed by atoms with Crippen LogP contribution in [0, 0.1) is 0 Å². The Kier molecular flexibility index (Phi) is 3.48. The third-order valence-electron chi connectivity index (χ3n) is 3.00. The third kappa shape index (κ3) is 2.70. The second kappa shape index (κ2) is 5.43. The molecule has 20 heavy (non-hydrogen) atoms. The summed E-state index contributed by atoms with van der Waals surface area (Å²) >= 11 is 3.26. The fraction of sp³-hybridized carbons (Fsp3) is 0. The number of fused-ring (bicyclic) bond motifs is 1. The van der Waals surface area contributed by atoms with Crippen LogP contribution in [0.2, 0.25) is 0 Å². The maximum absolute atomic E-state index is 12.2. The van der Waals surface area contributed by atoms with Crippen LogP contribution in [-0.4, -0.2) is 10.9 Å². The van der Waals surface area contributed by atoms with Crippen molar-refractivity contribution in [2.45, 2.75) is 0 Å². The van der Waals surface area contributed by atoms with Gasteiger partial charge >= 0.3 is 0 Å². The molecule has 1 N–H and O–H groups in total. The van der Waals surface area contributed by atoms with E-state index in [2.05, 4.69) is 26.2 Å². The topological polar surface area (TPSA) is 42.0 Å². The largest absolute Gasteiger partial charge is 0.321 e. The Morgan fingerprint density at radius 2 is 1.80 bits per heavy atom. The summed E-state index contributed by atoms with van der Waals surface area (Å²) in [6.45, 7) is 0. The van der Waals surface area contributed by atoms with Crippen LogP contribution in [-0.2, 0) is 0 Å². The highest BCUT2D eigenvalue weighted by Crippen LogP contribution is 2.17. The van der Waals surface area contributed by atoms with Gasteiger partial charge in [-0.2, -0.15) is 0 Å². The van der Waals surface area contributed by atoms with Gasteiger partial charge < -0.3 is 5.32 Å². The van der Waals surface area contributed by atoms with Crippen LogP contribution in [0.4, 0.5) is 5.69 Å². The first kappa shape index (κ1) is 12.8. The van der Waals surface area contributed by atoms with Gasteiger partial charge in [0.2, 0.25) is 0 Å². The van der Waals surface area contributed by atoms with Crippen LogP contribution in [0.5, 0.6) is 0 Å². The van der Waals surface area contributed by atoms with Crippen LogP contribution in [0.25, 0.3) is 10.8 Å². The second-order valence-electron chi connectivity index (χ2n) is 4.39. The molecule has 4 heteroatoms. The fourth-order valence-corrected chi connectivity index (χ4v) is 2.22. The van der Waals surface area contributed by atoms with Crippen molar-refractivity contribution < 1.29 is 4.79 Å². The molecular weight excluding hydrogens is 316 g/mol. The first-order chi connectivity index (χ1) is 9.72. The number of nitrogens with one attached hydrogen (secondary N) is 1. The monoisotopic (exact) mass is 326 g/mol. The highest BCUT2D eigenvalue weighted by atomic mass is 79.9. The maximum Gasteiger partial charge on any atom is 0.255 e. The average molecular weight is 327 g/mol. The molecule has 0 aliphatic rings. The van der Waals surface area contributed by atoms with Crippen molar-refractivity contribution in [1.82, 2.24) is 4.98 Å². The number of carbonyl (C=O) groups is 1. The van der Waals surface area contributed by atoms with Gasteiger partial charge in [0.1, 0.15) is 4.60 Å². The number of hydrogen-bond acceptors (Lipinski definition) is 2. The highest BCUT2D eigenvalue weighted by molar-refractivity contribution is 9.10. The first-order valence-corrected chi connectivity index (χ1v) is 6.93. The van der Waals surface area contributed by atoms with Gasteiger partial charge in [0.15, 0.2) is 0 Å². The molecule has 0 fully saturated rings. The summed E-state index contributed by atoms with van der Waals surface area (Å²) in [5.74, 6) is -0.139. The Hall–Kier alpha value is -2.20. The van der Waals surface area contributed by atoms with E-state index in [1.54, 1.807) is 18.3 Å². The normalized spacial score (nSPS) is 10.4. The van der Waals surface area contributed by atoms with E-state index in [0.717, 1.165) is 15.4 Å². The van der Waals surface area contributed by atoms with Crippen LogP contribution in [0.3, 0.4) is 0 Å². The number of benzene rings is 2. The lowest BCUT2D eigenvalue weighted by Gasteiger charge is -2.06. The molecule has 2 aromatic carbocycles. The number of pyridine rings is 1. The van der Waals surface area contributed by atoms with Crippen molar-refractivity contribution in [3.05, 3.63) is 71.0 Å². The molecule has 0 saturated carbocycles. The van der Waals surface area contributed by atoms with Crippen molar-refractivity contribution in [1.29, 1.82) is 0 Å². The molecule has 0 atom stereocenters. The lowest BCUT2D eigenvalue weighted by Crippen LogP contribution is -2.11. The number of rotatable bonds is 2. The number of amides is 1. The SMILES string of the molecule is O=C(Nc1ccc(Br)nc1)c1ccc2ccccc2c1. The van der Waals surface area contributed by atoms with E-state index in [0.29, 0.717) is 11.3 Å². The molecule has 0 bridgehead atoms. The predicted molar refractivity (Wildman–Crippen MR) is 83.8 cm³/mol. The summed E-state index contributed by atoms with van der Waals surface area (Å²) in [7, 11) is 0. The van der Waals surface area contributed by atoms with Crippen molar-refractivity contribution in [3.8, 4) is 0 Å². The molecule has 3 nitrogen and oxygen atoms in total.